The molecule has 4 N–H and O–H groups in total. The van der Waals surface area contributed by atoms with E-state index in [-0.39, 0.29) is 4.90 Å². The molecule has 0 saturated heterocycles. The van der Waals surface area contributed by atoms with Gasteiger partial charge in [-0.1, -0.05) is 0 Å². The van der Waals surface area contributed by atoms with Crippen LogP contribution in [0.4, 0.5) is 5.69 Å². The number of tetrazole rings is 1. The molecule has 1 heterocycles. The number of hydrogen-bond donors (Lipinski definition) is 2. The van der Waals surface area contributed by atoms with Gasteiger partial charge in [-0.2, -0.15) is 0 Å². The Kier molecular flexibility index (Phi) is 3.24. The summed E-state index contributed by atoms with van der Waals surface area (Å²) in [5, 5.41) is 16.5. The Morgan fingerprint density at radius 3 is 2.67 bits per heavy atom. The number of benzene rings is 1. The molecular formula is C8H10N6O2S2. The molecule has 0 radical (unpaired) electrons. The van der Waals surface area contributed by atoms with Gasteiger partial charge in [0.15, 0.2) is 0 Å². The number of rotatable bonds is 3. The molecule has 1 aromatic carbocycles. The largest absolute Gasteiger partial charge is 0.398 e. The first-order valence-corrected chi connectivity index (χ1v) is 7.07. The highest BCUT2D eigenvalue weighted by Gasteiger charge is 2.13. The molecule has 2 aromatic rings. The van der Waals surface area contributed by atoms with Crippen LogP contribution in [-0.4, -0.2) is 28.6 Å². The van der Waals surface area contributed by atoms with Crippen LogP contribution in [0, 0.1) is 0 Å². The van der Waals surface area contributed by atoms with Crippen LogP contribution in [0.1, 0.15) is 0 Å². The fraction of sp³-hybridized carbons (Fsp3) is 0.125. The van der Waals surface area contributed by atoms with E-state index in [1.54, 1.807) is 7.05 Å². The molecule has 0 unspecified atom stereocenters. The van der Waals surface area contributed by atoms with Crippen LogP contribution >= 0.6 is 11.8 Å². The lowest BCUT2D eigenvalue weighted by Crippen LogP contribution is -2.12. The van der Waals surface area contributed by atoms with E-state index in [0.717, 1.165) is 11.8 Å². The fourth-order valence-corrected chi connectivity index (χ4v) is 2.61. The second-order valence-corrected chi connectivity index (χ2v) is 6.00. The highest BCUT2D eigenvalue weighted by Crippen LogP contribution is 2.31. The zero-order chi connectivity index (χ0) is 13.3. The third-order valence-corrected chi connectivity index (χ3v) is 4.11. The molecular weight excluding hydrogens is 276 g/mol. The summed E-state index contributed by atoms with van der Waals surface area (Å²) in [4.78, 5) is 0.522. The van der Waals surface area contributed by atoms with E-state index in [2.05, 4.69) is 15.5 Å². The highest BCUT2D eigenvalue weighted by molar-refractivity contribution is 7.99. The maximum Gasteiger partial charge on any atom is 0.238 e. The zero-order valence-electron chi connectivity index (χ0n) is 9.31. The van der Waals surface area contributed by atoms with Crippen LogP contribution in [0.25, 0.3) is 0 Å². The third-order valence-electron chi connectivity index (χ3n) is 2.10. The van der Waals surface area contributed by atoms with Crippen molar-refractivity contribution in [1.29, 1.82) is 0 Å². The normalized spacial score (nSPS) is 11.7. The molecule has 10 heteroatoms. The number of nitrogens with two attached hydrogens (primary N) is 2. The van der Waals surface area contributed by atoms with E-state index >= 15 is 0 Å². The van der Waals surface area contributed by atoms with E-state index in [0.29, 0.717) is 15.7 Å². The van der Waals surface area contributed by atoms with Crippen molar-refractivity contribution in [3.63, 3.8) is 0 Å². The van der Waals surface area contributed by atoms with Gasteiger partial charge in [0.1, 0.15) is 0 Å². The first-order chi connectivity index (χ1) is 8.38. The molecule has 0 fully saturated rings. The van der Waals surface area contributed by atoms with E-state index in [9.17, 15) is 8.42 Å². The zero-order valence-corrected chi connectivity index (χ0v) is 10.9. The maximum absolute atomic E-state index is 11.2. The lowest BCUT2D eigenvalue weighted by Gasteiger charge is -2.06. The summed E-state index contributed by atoms with van der Waals surface area (Å²) in [6, 6.07) is 4.22. The maximum atomic E-state index is 11.2. The first kappa shape index (κ1) is 12.8. The minimum atomic E-state index is -3.76. The van der Waals surface area contributed by atoms with Crippen LogP contribution in [-0.2, 0) is 17.1 Å². The number of nitrogen functional groups attached to an aromatic ring is 1. The summed E-state index contributed by atoms with van der Waals surface area (Å²) in [6.45, 7) is 0. The highest BCUT2D eigenvalue weighted by atomic mass is 32.2. The number of aryl methyl sites for hydroxylation is 1. The van der Waals surface area contributed by atoms with E-state index in [1.807, 2.05) is 0 Å². The lowest BCUT2D eigenvalue weighted by molar-refractivity contribution is 0.597. The summed E-state index contributed by atoms with van der Waals surface area (Å²) in [5.41, 5.74) is 6.19. The summed E-state index contributed by atoms with van der Waals surface area (Å²) in [7, 11) is -2.09. The SMILES string of the molecule is Cn1nnnc1Sc1cc(S(N)(=O)=O)ccc1N. The number of hydrogen-bond acceptors (Lipinski definition) is 7. The van der Waals surface area contributed by atoms with Gasteiger partial charge in [-0.3, -0.25) is 0 Å². The third kappa shape index (κ3) is 2.60. The smallest absolute Gasteiger partial charge is 0.238 e. The summed E-state index contributed by atoms with van der Waals surface area (Å²) >= 11 is 1.16. The van der Waals surface area contributed by atoms with Crippen molar-refractivity contribution in [3.8, 4) is 0 Å². The molecule has 0 bridgehead atoms. The Labute approximate surface area is 107 Å². The quantitative estimate of drug-likeness (QED) is 0.733. The van der Waals surface area contributed by atoms with E-state index in [4.69, 9.17) is 10.9 Å². The van der Waals surface area contributed by atoms with Gasteiger partial charge in [0, 0.05) is 17.6 Å². The Morgan fingerprint density at radius 1 is 1.39 bits per heavy atom. The predicted molar refractivity (Wildman–Crippen MR) is 65.1 cm³/mol. The van der Waals surface area contributed by atoms with Crippen LogP contribution in [0.3, 0.4) is 0 Å². The predicted octanol–water partition coefficient (Wildman–Crippen LogP) is -0.409. The molecule has 96 valence electrons. The number of anilines is 1. The molecule has 0 aliphatic heterocycles. The van der Waals surface area contributed by atoms with Crippen LogP contribution in [0.2, 0.25) is 0 Å². The van der Waals surface area contributed by atoms with Gasteiger partial charge in [-0.05, 0) is 40.4 Å². The van der Waals surface area contributed by atoms with Crippen molar-refractivity contribution in [1.82, 2.24) is 20.2 Å². The molecule has 0 aliphatic carbocycles. The van der Waals surface area contributed by atoms with Crippen molar-refractivity contribution in [2.45, 2.75) is 14.9 Å². The average Bonchev–Trinajstić information content (AvgIpc) is 2.66. The van der Waals surface area contributed by atoms with E-state index < -0.39 is 10.0 Å². The second kappa shape index (κ2) is 4.55. The second-order valence-electron chi connectivity index (χ2n) is 3.43. The Hall–Kier alpha value is -1.65. The summed E-state index contributed by atoms with van der Waals surface area (Å²) < 4.78 is 23.9. The van der Waals surface area contributed by atoms with Crippen LogP contribution in [0.5, 0.6) is 0 Å². The van der Waals surface area contributed by atoms with Crippen molar-refractivity contribution in [2.24, 2.45) is 12.2 Å². The molecule has 1 aromatic heterocycles. The molecule has 0 saturated carbocycles. The van der Waals surface area contributed by atoms with Crippen LogP contribution < -0.4 is 10.9 Å². The molecule has 0 aliphatic rings. The number of nitrogens with zero attached hydrogens (tertiary/aromatic N) is 4. The van der Waals surface area contributed by atoms with Crippen LogP contribution in [0.15, 0.2) is 33.1 Å². The number of primary sulfonamides is 1. The minimum Gasteiger partial charge on any atom is -0.398 e. The Morgan fingerprint density at radius 2 is 2.11 bits per heavy atom. The average molecular weight is 286 g/mol. The number of sulfonamides is 1. The van der Waals surface area contributed by atoms with E-state index in [1.165, 1.54) is 22.9 Å². The van der Waals surface area contributed by atoms with Crippen molar-refractivity contribution < 1.29 is 8.42 Å². The summed E-state index contributed by atoms with van der Waals surface area (Å²) in [5.74, 6) is 0. The Bertz CT molecular complexity index is 681. The van der Waals surface area contributed by atoms with Gasteiger partial charge in [-0.25, -0.2) is 18.2 Å². The lowest BCUT2D eigenvalue weighted by atomic mass is 10.3. The van der Waals surface area contributed by atoms with Gasteiger partial charge >= 0.3 is 0 Å². The topological polar surface area (TPSA) is 130 Å². The molecule has 2 rings (SSSR count). The van der Waals surface area contributed by atoms with Crippen molar-refractivity contribution in [3.05, 3.63) is 18.2 Å². The Balaban J connectivity index is 2.42. The monoisotopic (exact) mass is 286 g/mol. The molecule has 8 nitrogen and oxygen atoms in total. The molecule has 18 heavy (non-hydrogen) atoms. The summed E-state index contributed by atoms with van der Waals surface area (Å²) in [6.07, 6.45) is 0. The van der Waals surface area contributed by atoms with Gasteiger partial charge in [0.05, 0.1) is 4.90 Å². The van der Waals surface area contributed by atoms with Crippen molar-refractivity contribution in [2.75, 3.05) is 5.73 Å². The number of aromatic nitrogens is 4. The standard InChI is InChI=1S/C8H10N6O2S2/c1-14-8(11-12-13-14)17-7-4-5(18(10,15)16)2-3-6(7)9/h2-4H,9H2,1H3,(H2,10,15,16). The van der Waals surface area contributed by atoms with Crippen molar-refractivity contribution >= 4 is 27.5 Å². The fourth-order valence-electron chi connectivity index (χ4n) is 1.19. The molecule has 0 spiro atoms. The molecule has 0 atom stereocenters. The minimum absolute atomic E-state index is 0.00525. The first-order valence-electron chi connectivity index (χ1n) is 4.70. The van der Waals surface area contributed by atoms with Gasteiger partial charge in [-0.15, -0.1) is 5.10 Å². The van der Waals surface area contributed by atoms with Gasteiger partial charge in [0.25, 0.3) is 0 Å². The molecule has 0 amide bonds. The van der Waals surface area contributed by atoms with Gasteiger partial charge < -0.3 is 5.73 Å². The van der Waals surface area contributed by atoms with Gasteiger partial charge in [0.2, 0.25) is 15.2 Å².